The van der Waals surface area contributed by atoms with Gasteiger partial charge in [-0.3, -0.25) is 4.68 Å². The monoisotopic (exact) mass is 363 g/mol. The summed E-state index contributed by atoms with van der Waals surface area (Å²) in [6.07, 6.45) is 9.20. The number of aryl methyl sites for hydroxylation is 2. The summed E-state index contributed by atoms with van der Waals surface area (Å²) < 4.78 is 4.27. The predicted octanol–water partition coefficient (Wildman–Crippen LogP) is 4.14. The summed E-state index contributed by atoms with van der Waals surface area (Å²) in [4.78, 5) is 7.06. The third kappa shape index (κ3) is 3.83. The molecule has 0 saturated carbocycles. The molecule has 1 fully saturated rings. The Kier molecular flexibility index (Phi) is 5.39. The second-order valence-corrected chi connectivity index (χ2v) is 7.53. The summed E-state index contributed by atoms with van der Waals surface area (Å²) in [5, 5.41) is 4.80. The van der Waals surface area contributed by atoms with Crippen LogP contribution in [0.3, 0.4) is 0 Å². The number of likely N-dealkylation sites (tertiary alicyclic amines) is 1. The molecule has 1 aromatic carbocycles. The van der Waals surface area contributed by atoms with E-state index in [2.05, 4.69) is 45.6 Å². The molecule has 0 bridgehead atoms. The zero-order valence-corrected chi connectivity index (χ0v) is 16.4. The third-order valence-electron chi connectivity index (χ3n) is 5.67. The molecule has 5 heteroatoms. The van der Waals surface area contributed by atoms with Gasteiger partial charge in [-0.25, -0.2) is 4.98 Å². The number of benzene rings is 1. The van der Waals surface area contributed by atoms with E-state index in [0.29, 0.717) is 0 Å². The van der Waals surface area contributed by atoms with Gasteiger partial charge in [-0.15, -0.1) is 0 Å². The number of aromatic nitrogens is 4. The van der Waals surface area contributed by atoms with Crippen molar-refractivity contribution in [3.63, 3.8) is 0 Å². The minimum absolute atomic E-state index is 0.994. The van der Waals surface area contributed by atoms with Crippen LogP contribution in [0.5, 0.6) is 0 Å². The summed E-state index contributed by atoms with van der Waals surface area (Å²) in [7, 11) is 2.02. The molecule has 1 aliphatic rings. The maximum absolute atomic E-state index is 4.80. The number of piperidine rings is 1. The van der Waals surface area contributed by atoms with Gasteiger partial charge >= 0.3 is 0 Å². The molecule has 0 spiro atoms. The lowest BCUT2D eigenvalue weighted by Gasteiger charge is -2.26. The first-order valence-electron chi connectivity index (χ1n) is 10.1. The summed E-state index contributed by atoms with van der Waals surface area (Å²) >= 11 is 0. The van der Waals surface area contributed by atoms with Crippen LogP contribution in [0.1, 0.15) is 31.4 Å². The molecule has 0 atom stereocenters. The molecule has 3 heterocycles. The lowest BCUT2D eigenvalue weighted by atomic mass is 10.0. The fraction of sp³-hybridized carbons (Fsp3) is 0.455. The highest BCUT2D eigenvalue weighted by atomic mass is 15.3. The van der Waals surface area contributed by atoms with Crippen molar-refractivity contribution < 1.29 is 0 Å². The van der Waals surface area contributed by atoms with Gasteiger partial charge in [0, 0.05) is 30.4 Å². The predicted molar refractivity (Wildman–Crippen MR) is 110 cm³/mol. The average molecular weight is 364 g/mol. The van der Waals surface area contributed by atoms with Crippen LogP contribution in [-0.4, -0.2) is 43.9 Å². The number of hydrogen-bond acceptors (Lipinski definition) is 3. The van der Waals surface area contributed by atoms with Crippen molar-refractivity contribution >= 4 is 0 Å². The molecule has 1 aliphatic heterocycles. The van der Waals surface area contributed by atoms with Crippen molar-refractivity contribution in [3.05, 3.63) is 48.5 Å². The average Bonchev–Trinajstić information content (AvgIpc) is 3.28. The highest BCUT2D eigenvalue weighted by Crippen LogP contribution is 2.33. The van der Waals surface area contributed by atoms with Gasteiger partial charge in [-0.1, -0.05) is 36.8 Å². The van der Waals surface area contributed by atoms with E-state index >= 15 is 0 Å². The summed E-state index contributed by atoms with van der Waals surface area (Å²) in [6.45, 7) is 6.83. The zero-order valence-electron chi connectivity index (χ0n) is 16.4. The standard InChI is InChI=1S/C22H29N5/c1-18-21(22(24-25(18)2)19-10-5-3-6-11-19)20-16-23-17-27(20)15-9-14-26-12-7-4-8-13-26/h3,5-6,10-11,16-17H,4,7-9,12-15H2,1-2H3. The van der Waals surface area contributed by atoms with Crippen molar-refractivity contribution in [2.75, 3.05) is 19.6 Å². The van der Waals surface area contributed by atoms with Crippen LogP contribution in [0, 0.1) is 6.92 Å². The molecule has 0 amide bonds. The Morgan fingerprint density at radius 3 is 2.56 bits per heavy atom. The third-order valence-corrected chi connectivity index (χ3v) is 5.67. The van der Waals surface area contributed by atoms with Crippen molar-refractivity contribution in [2.45, 2.75) is 39.2 Å². The van der Waals surface area contributed by atoms with E-state index in [1.807, 2.05) is 30.3 Å². The first-order chi connectivity index (χ1) is 13.2. The zero-order chi connectivity index (χ0) is 18.6. The van der Waals surface area contributed by atoms with Crippen molar-refractivity contribution in [2.24, 2.45) is 7.05 Å². The molecule has 142 valence electrons. The molecular formula is C22H29N5. The lowest BCUT2D eigenvalue weighted by molar-refractivity contribution is 0.223. The van der Waals surface area contributed by atoms with Crippen molar-refractivity contribution in [3.8, 4) is 22.5 Å². The first kappa shape index (κ1) is 18.0. The van der Waals surface area contributed by atoms with Crippen LogP contribution in [0.15, 0.2) is 42.9 Å². The molecule has 3 aromatic rings. The largest absolute Gasteiger partial charge is 0.330 e. The molecule has 0 aliphatic carbocycles. The highest BCUT2D eigenvalue weighted by Gasteiger charge is 2.19. The molecule has 0 radical (unpaired) electrons. The first-order valence-corrected chi connectivity index (χ1v) is 10.1. The Hall–Kier alpha value is -2.40. The fourth-order valence-corrected chi connectivity index (χ4v) is 4.07. The van der Waals surface area contributed by atoms with E-state index in [1.54, 1.807) is 0 Å². The Morgan fingerprint density at radius 2 is 1.78 bits per heavy atom. The second kappa shape index (κ2) is 8.09. The molecule has 4 rings (SSSR count). The van der Waals surface area contributed by atoms with Gasteiger partial charge in [-0.05, 0) is 45.8 Å². The topological polar surface area (TPSA) is 38.9 Å². The van der Waals surface area contributed by atoms with Gasteiger partial charge in [0.1, 0.15) is 5.69 Å². The fourth-order valence-electron chi connectivity index (χ4n) is 4.07. The summed E-state index contributed by atoms with van der Waals surface area (Å²) in [5.74, 6) is 0. The maximum atomic E-state index is 4.80. The van der Waals surface area contributed by atoms with Crippen LogP contribution in [0.25, 0.3) is 22.5 Å². The van der Waals surface area contributed by atoms with Gasteiger partial charge in [0.05, 0.1) is 18.2 Å². The smallest absolute Gasteiger partial charge is 0.102 e. The SMILES string of the molecule is Cc1c(-c2cncn2CCCN2CCCCC2)c(-c2ccccc2)nn1C. The van der Waals surface area contributed by atoms with Crippen LogP contribution < -0.4 is 0 Å². The Bertz CT molecular complexity index is 872. The van der Waals surface area contributed by atoms with Crippen LogP contribution >= 0.6 is 0 Å². The molecular weight excluding hydrogens is 334 g/mol. The summed E-state index contributed by atoms with van der Waals surface area (Å²) in [5.41, 5.74) is 5.72. The van der Waals surface area contributed by atoms with Gasteiger partial charge in [0.2, 0.25) is 0 Å². The van der Waals surface area contributed by atoms with Crippen molar-refractivity contribution in [1.29, 1.82) is 0 Å². The number of imidazole rings is 1. The molecule has 2 aromatic heterocycles. The van der Waals surface area contributed by atoms with E-state index in [-0.39, 0.29) is 0 Å². The Labute approximate surface area is 161 Å². The van der Waals surface area contributed by atoms with Crippen LogP contribution in [0.2, 0.25) is 0 Å². The Morgan fingerprint density at radius 1 is 1.00 bits per heavy atom. The van der Waals surface area contributed by atoms with E-state index in [1.165, 1.54) is 50.2 Å². The molecule has 0 unspecified atom stereocenters. The highest BCUT2D eigenvalue weighted by molar-refractivity contribution is 5.80. The van der Waals surface area contributed by atoms with Crippen LogP contribution in [0.4, 0.5) is 0 Å². The molecule has 1 saturated heterocycles. The molecule has 0 N–H and O–H groups in total. The number of nitrogens with zero attached hydrogens (tertiary/aromatic N) is 5. The number of hydrogen-bond donors (Lipinski definition) is 0. The van der Waals surface area contributed by atoms with E-state index in [0.717, 1.165) is 29.9 Å². The number of rotatable bonds is 6. The van der Waals surface area contributed by atoms with E-state index in [4.69, 9.17) is 5.10 Å². The maximum Gasteiger partial charge on any atom is 0.102 e. The molecule has 5 nitrogen and oxygen atoms in total. The molecule has 27 heavy (non-hydrogen) atoms. The lowest BCUT2D eigenvalue weighted by Crippen LogP contribution is -2.31. The second-order valence-electron chi connectivity index (χ2n) is 7.53. The Balaban J connectivity index is 1.57. The minimum Gasteiger partial charge on any atom is -0.330 e. The summed E-state index contributed by atoms with van der Waals surface area (Å²) in [6, 6.07) is 10.4. The van der Waals surface area contributed by atoms with Gasteiger partial charge in [0.15, 0.2) is 0 Å². The van der Waals surface area contributed by atoms with Crippen molar-refractivity contribution in [1.82, 2.24) is 24.2 Å². The van der Waals surface area contributed by atoms with Gasteiger partial charge in [-0.2, -0.15) is 5.10 Å². The quantitative estimate of drug-likeness (QED) is 0.661. The normalized spacial score (nSPS) is 15.3. The minimum atomic E-state index is 0.994. The van der Waals surface area contributed by atoms with E-state index in [9.17, 15) is 0 Å². The van der Waals surface area contributed by atoms with Crippen LogP contribution in [-0.2, 0) is 13.6 Å². The van der Waals surface area contributed by atoms with E-state index < -0.39 is 0 Å². The van der Waals surface area contributed by atoms with Gasteiger partial charge in [0.25, 0.3) is 0 Å². The van der Waals surface area contributed by atoms with Gasteiger partial charge < -0.3 is 9.47 Å².